The minimum atomic E-state index is 0. The molecule has 1 aliphatic heterocycles. The molecule has 1 atom stereocenters. The molecule has 2 rings (SSSR count). The highest BCUT2D eigenvalue weighted by Gasteiger charge is 2.14. The highest BCUT2D eigenvalue weighted by atomic mass is 127. The zero-order valence-electron chi connectivity index (χ0n) is 11.4. The smallest absolute Gasteiger partial charge is 0.189 e. The first-order valence-corrected chi connectivity index (χ1v) is 6.30. The summed E-state index contributed by atoms with van der Waals surface area (Å²) in [5.74, 6) is 0.462. The molecule has 6 nitrogen and oxygen atoms in total. The van der Waals surface area contributed by atoms with Crippen molar-refractivity contribution in [1.82, 2.24) is 15.1 Å². The zero-order chi connectivity index (χ0) is 13.0. The highest BCUT2D eigenvalue weighted by Crippen LogP contribution is 2.10. The average molecular weight is 379 g/mol. The molecule has 0 amide bonds. The molecular weight excluding hydrogens is 357 g/mol. The Kier molecular flexibility index (Phi) is 6.56. The van der Waals surface area contributed by atoms with Gasteiger partial charge in [-0.3, -0.25) is 4.68 Å². The van der Waals surface area contributed by atoms with Gasteiger partial charge in [0.15, 0.2) is 5.96 Å². The second-order valence-electron chi connectivity index (χ2n) is 4.62. The van der Waals surface area contributed by atoms with Crippen molar-refractivity contribution in [3.63, 3.8) is 0 Å². The number of halogens is 1. The first-order valence-electron chi connectivity index (χ1n) is 6.30. The molecule has 1 unspecified atom stereocenters. The van der Waals surface area contributed by atoms with Gasteiger partial charge < -0.3 is 15.8 Å². The Morgan fingerprint density at radius 2 is 2.47 bits per heavy atom. The van der Waals surface area contributed by atoms with E-state index < -0.39 is 0 Å². The van der Waals surface area contributed by atoms with Gasteiger partial charge in [0.05, 0.1) is 24.0 Å². The molecular formula is C12H22IN5O. The average Bonchev–Trinajstić information content (AvgIpc) is 2.94. The normalized spacial score (nSPS) is 19.3. The van der Waals surface area contributed by atoms with Crippen LogP contribution in [0.4, 0.5) is 0 Å². The monoisotopic (exact) mass is 379 g/mol. The minimum Gasteiger partial charge on any atom is -0.376 e. The third-order valence-corrected chi connectivity index (χ3v) is 3.05. The molecule has 0 aliphatic carbocycles. The fourth-order valence-corrected chi connectivity index (χ4v) is 2.06. The van der Waals surface area contributed by atoms with Crippen LogP contribution in [0.15, 0.2) is 11.1 Å². The summed E-state index contributed by atoms with van der Waals surface area (Å²) >= 11 is 0. The lowest BCUT2D eigenvalue weighted by atomic mass is 10.2. The lowest BCUT2D eigenvalue weighted by Gasteiger charge is -2.10. The van der Waals surface area contributed by atoms with E-state index in [1.807, 2.05) is 24.7 Å². The summed E-state index contributed by atoms with van der Waals surface area (Å²) in [5, 5.41) is 7.36. The van der Waals surface area contributed by atoms with Crippen LogP contribution in [0, 0.1) is 6.92 Å². The van der Waals surface area contributed by atoms with E-state index >= 15 is 0 Å². The molecule has 0 bridgehead atoms. The molecule has 2 heterocycles. The number of guanidine groups is 1. The van der Waals surface area contributed by atoms with Gasteiger partial charge in [0.25, 0.3) is 0 Å². The fourth-order valence-electron chi connectivity index (χ4n) is 2.06. The number of aromatic nitrogens is 2. The topological polar surface area (TPSA) is 77.5 Å². The van der Waals surface area contributed by atoms with Gasteiger partial charge in [-0.05, 0) is 25.8 Å². The molecule has 1 saturated heterocycles. The number of hydrogen-bond donors (Lipinski definition) is 2. The molecule has 108 valence electrons. The van der Waals surface area contributed by atoms with E-state index in [0.717, 1.165) is 37.4 Å². The second-order valence-corrected chi connectivity index (χ2v) is 4.62. The van der Waals surface area contributed by atoms with Crippen LogP contribution in [0.3, 0.4) is 0 Å². The van der Waals surface area contributed by atoms with Crippen LogP contribution in [0.1, 0.15) is 24.2 Å². The van der Waals surface area contributed by atoms with Gasteiger partial charge in [-0.2, -0.15) is 5.10 Å². The molecule has 1 fully saturated rings. The maximum absolute atomic E-state index is 5.81. The molecule has 1 aliphatic rings. The zero-order valence-corrected chi connectivity index (χ0v) is 13.8. The number of nitrogens with one attached hydrogen (secondary N) is 1. The van der Waals surface area contributed by atoms with E-state index in [-0.39, 0.29) is 30.1 Å². The van der Waals surface area contributed by atoms with E-state index in [1.165, 1.54) is 0 Å². The number of nitrogens with two attached hydrogens (primary N) is 1. The fraction of sp³-hybridized carbons (Fsp3) is 0.667. The van der Waals surface area contributed by atoms with Crippen molar-refractivity contribution in [3.8, 4) is 0 Å². The molecule has 0 radical (unpaired) electrons. The van der Waals surface area contributed by atoms with E-state index in [0.29, 0.717) is 12.5 Å². The van der Waals surface area contributed by atoms with Gasteiger partial charge in [0.1, 0.15) is 0 Å². The minimum absolute atomic E-state index is 0. The van der Waals surface area contributed by atoms with Crippen LogP contribution < -0.4 is 11.1 Å². The Morgan fingerprint density at radius 1 is 1.68 bits per heavy atom. The van der Waals surface area contributed by atoms with E-state index in [1.54, 1.807) is 0 Å². The number of rotatable bonds is 4. The van der Waals surface area contributed by atoms with Crippen molar-refractivity contribution in [2.24, 2.45) is 17.8 Å². The molecule has 1 aromatic heterocycles. The molecule has 0 spiro atoms. The van der Waals surface area contributed by atoms with Crippen LogP contribution in [-0.2, 0) is 18.3 Å². The Morgan fingerprint density at radius 3 is 3.05 bits per heavy atom. The molecule has 3 N–H and O–H groups in total. The van der Waals surface area contributed by atoms with Crippen LogP contribution in [0.2, 0.25) is 0 Å². The predicted molar refractivity (Wildman–Crippen MR) is 85.7 cm³/mol. The van der Waals surface area contributed by atoms with Crippen molar-refractivity contribution in [1.29, 1.82) is 0 Å². The van der Waals surface area contributed by atoms with Gasteiger partial charge in [-0.1, -0.05) is 0 Å². The number of aryl methyl sites for hydroxylation is 2. The summed E-state index contributed by atoms with van der Waals surface area (Å²) in [6.45, 7) is 4.10. The summed E-state index contributed by atoms with van der Waals surface area (Å²) < 4.78 is 7.33. The van der Waals surface area contributed by atoms with Crippen LogP contribution in [0.25, 0.3) is 0 Å². The van der Waals surface area contributed by atoms with Crippen molar-refractivity contribution in [2.75, 3.05) is 13.2 Å². The maximum Gasteiger partial charge on any atom is 0.189 e. The van der Waals surface area contributed by atoms with Crippen molar-refractivity contribution in [3.05, 3.63) is 17.5 Å². The lowest BCUT2D eigenvalue weighted by molar-refractivity contribution is 0.114. The SMILES string of the molecule is Cc1cc(CN=C(N)NCC2CCCO2)n(C)n1.I. The standard InChI is InChI=1S/C12H21N5O.HI/c1-9-6-10(17(2)16-9)7-14-12(13)15-8-11-4-3-5-18-11;/h6,11H,3-5,7-8H2,1-2H3,(H3,13,14,15);1H. The largest absolute Gasteiger partial charge is 0.376 e. The summed E-state index contributed by atoms with van der Waals surface area (Å²) in [5.41, 5.74) is 7.85. The van der Waals surface area contributed by atoms with E-state index in [9.17, 15) is 0 Å². The van der Waals surface area contributed by atoms with Gasteiger partial charge in [0.2, 0.25) is 0 Å². The van der Waals surface area contributed by atoms with E-state index in [2.05, 4.69) is 15.4 Å². The predicted octanol–water partition coefficient (Wildman–Crippen LogP) is 0.930. The number of ether oxygens (including phenoxy) is 1. The summed E-state index contributed by atoms with van der Waals surface area (Å²) in [4.78, 5) is 4.30. The summed E-state index contributed by atoms with van der Waals surface area (Å²) in [7, 11) is 1.91. The molecule has 1 aromatic rings. The van der Waals surface area contributed by atoms with Crippen LogP contribution >= 0.6 is 24.0 Å². The number of nitrogens with zero attached hydrogens (tertiary/aromatic N) is 3. The van der Waals surface area contributed by atoms with Crippen molar-refractivity contribution in [2.45, 2.75) is 32.4 Å². The molecule has 0 saturated carbocycles. The Balaban J connectivity index is 0.00000180. The second kappa shape index (κ2) is 7.68. The highest BCUT2D eigenvalue weighted by molar-refractivity contribution is 14.0. The quantitative estimate of drug-likeness (QED) is 0.464. The van der Waals surface area contributed by atoms with E-state index in [4.69, 9.17) is 10.5 Å². The molecule has 19 heavy (non-hydrogen) atoms. The van der Waals surface area contributed by atoms with Crippen LogP contribution in [0.5, 0.6) is 0 Å². The third kappa shape index (κ3) is 4.98. The van der Waals surface area contributed by atoms with Crippen LogP contribution in [-0.4, -0.2) is 35.0 Å². The first-order chi connectivity index (χ1) is 8.65. The Hall–Kier alpha value is -0.830. The van der Waals surface area contributed by atoms with Gasteiger partial charge >= 0.3 is 0 Å². The lowest BCUT2D eigenvalue weighted by Crippen LogP contribution is -2.37. The van der Waals surface area contributed by atoms with Crippen molar-refractivity contribution < 1.29 is 4.74 Å². The third-order valence-electron chi connectivity index (χ3n) is 3.05. The molecule has 7 heteroatoms. The maximum atomic E-state index is 5.81. The number of hydrogen-bond acceptors (Lipinski definition) is 3. The van der Waals surface area contributed by atoms with Gasteiger partial charge in [0, 0.05) is 20.2 Å². The van der Waals surface area contributed by atoms with Gasteiger partial charge in [-0.25, -0.2) is 4.99 Å². The van der Waals surface area contributed by atoms with Gasteiger partial charge in [-0.15, -0.1) is 24.0 Å². The van der Waals surface area contributed by atoms with Crippen molar-refractivity contribution >= 4 is 29.9 Å². The summed E-state index contributed by atoms with van der Waals surface area (Å²) in [6.07, 6.45) is 2.51. The Labute approximate surface area is 130 Å². The Bertz CT molecular complexity index is 426. The summed E-state index contributed by atoms with van der Waals surface area (Å²) in [6, 6.07) is 2.01. The number of aliphatic imine (C=N–C) groups is 1. The molecule has 0 aromatic carbocycles. The first kappa shape index (κ1) is 16.2.